The second-order valence-electron chi connectivity index (χ2n) is 9.37. The van der Waals surface area contributed by atoms with Crippen LogP contribution in [0.2, 0.25) is 0 Å². The van der Waals surface area contributed by atoms with Gasteiger partial charge >= 0.3 is 12.1 Å². The molecule has 176 valence electrons. The van der Waals surface area contributed by atoms with Gasteiger partial charge < -0.3 is 9.47 Å². The number of ether oxygens (including phenoxy) is 2. The van der Waals surface area contributed by atoms with Crippen molar-refractivity contribution in [2.24, 2.45) is 11.3 Å². The number of hydrogen-bond donors (Lipinski definition) is 0. The summed E-state index contributed by atoms with van der Waals surface area (Å²) in [7, 11) is 0. The Hall–Kier alpha value is -2.90. The standard InChI is InChI=1S/C24H34N2O6/c1-8-14-32-23(28)25-19(17-13-11-10-12-16(17)15(3)4)20(26(29)30)18(24(5,6)7)21(25)22(27)31-9-2/h8,10-13,15,18-21H,1,9,14H2,2-7H3/t18-,19-,20-,21-/m0/s1. The van der Waals surface area contributed by atoms with Gasteiger partial charge in [-0.25, -0.2) is 9.59 Å². The molecule has 1 fully saturated rings. The molecule has 0 N–H and O–H groups in total. The van der Waals surface area contributed by atoms with E-state index >= 15 is 0 Å². The minimum absolute atomic E-state index is 0.0550. The first-order valence-electron chi connectivity index (χ1n) is 10.9. The molecule has 0 aromatic heterocycles. The van der Waals surface area contributed by atoms with Crippen LogP contribution in [-0.4, -0.2) is 47.2 Å². The zero-order chi connectivity index (χ0) is 24.2. The van der Waals surface area contributed by atoms with E-state index in [0.717, 1.165) is 5.56 Å². The average molecular weight is 447 g/mol. The molecule has 8 nitrogen and oxygen atoms in total. The molecule has 0 unspecified atom stereocenters. The lowest BCUT2D eigenvalue weighted by molar-refractivity contribution is -0.536. The molecule has 0 aliphatic carbocycles. The van der Waals surface area contributed by atoms with E-state index in [9.17, 15) is 19.7 Å². The largest absolute Gasteiger partial charge is 0.464 e. The first-order valence-corrected chi connectivity index (χ1v) is 10.9. The topological polar surface area (TPSA) is 99.0 Å². The van der Waals surface area contributed by atoms with E-state index in [1.165, 1.54) is 11.0 Å². The molecular weight excluding hydrogens is 412 g/mol. The molecular formula is C24H34N2O6. The summed E-state index contributed by atoms with van der Waals surface area (Å²) in [4.78, 5) is 39.7. The molecule has 0 radical (unpaired) electrons. The summed E-state index contributed by atoms with van der Waals surface area (Å²) in [6.07, 6.45) is 0.613. The monoisotopic (exact) mass is 446 g/mol. The summed E-state index contributed by atoms with van der Waals surface area (Å²) in [6, 6.07) is 3.97. The zero-order valence-corrected chi connectivity index (χ0v) is 19.7. The summed E-state index contributed by atoms with van der Waals surface area (Å²) >= 11 is 0. The SMILES string of the molecule is C=CCOC(=O)N1[C@H](C(=O)OCC)[C@@H](C(C)(C)C)[C@H]([N+](=O)[O-])[C@@H]1c1ccccc1C(C)C. The van der Waals surface area contributed by atoms with E-state index in [1.807, 2.05) is 46.8 Å². The number of nitro groups is 1. The van der Waals surface area contributed by atoms with Crippen LogP contribution in [0.4, 0.5) is 4.79 Å². The molecule has 1 aromatic rings. The molecule has 0 spiro atoms. The summed E-state index contributed by atoms with van der Waals surface area (Å²) in [6.45, 7) is 14.7. The molecule has 8 heteroatoms. The zero-order valence-electron chi connectivity index (χ0n) is 19.7. The Morgan fingerprint density at radius 2 is 1.88 bits per heavy atom. The average Bonchev–Trinajstić information content (AvgIpc) is 3.09. The number of amides is 1. The van der Waals surface area contributed by atoms with Crippen molar-refractivity contribution in [2.45, 2.75) is 65.6 Å². The van der Waals surface area contributed by atoms with Gasteiger partial charge in [0.1, 0.15) is 18.7 Å². The summed E-state index contributed by atoms with van der Waals surface area (Å²) in [5, 5.41) is 12.5. The molecule has 2 rings (SSSR count). The molecule has 1 saturated heterocycles. The van der Waals surface area contributed by atoms with Gasteiger partial charge in [0.05, 0.1) is 12.5 Å². The van der Waals surface area contributed by atoms with Crippen LogP contribution in [-0.2, 0) is 14.3 Å². The van der Waals surface area contributed by atoms with Crippen molar-refractivity contribution in [2.75, 3.05) is 13.2 Å². The van der Waals surface area contributed by atoms with Crippen LogP contribution < -0.4 is 0 Å². The fourth-order valence-corrected chi connectivity index (χ4v) is 4.69. The van der Waals surface area contributed by atoms with E-state index in [1.54, 1.807) is 19.1 Å². The maximum absolute atomic E-state index is 13.3. The van der Waals surface area contributed by atoms with Crippen molar-refractivity contribution in [1.29, 1.82) is 0 Å². The lowest BCUT2D eigenvalue weighted by Gasteiger charge is -2.32. The highest BCUT2D eigenvalue weighted by Gasteiger charge is 2.64. The third kappa shape index (κ3) is 4.95. The van der Waals surface area contributed by atoms with Gasteiger partial charge in [0, 0.05) is 4.92 Å². The molecule has 1 heterocycles. The van der Waals surface area contributed by atoms with Gasteiger partial charge in [0.2, 0.25) is 6.04 Å². The molecule has 32 heavy (non-hydrogen) atoms. The molecule has 0 bridgehead atoms. The first kappa shape index (κ1) is 25.4. The Balaban J connectivity index is 2.83. The Morgan fingerprint density at radius 3 is 2.38 bits per heavy atom. The minimum Gasteiger partial charge on any atom is -0.464 e. The van der Waals surface area contributed by atoms with Crippen LogP contribution >= 0.6 is 0 Å². The number of likely N-dealkylation sites (tertiary alicyclic amines) is 1. The maximum Gasteiger partial charge on any atom is 0.411 e. The van der Waals surface area contributed by atoms with Gasteiger partial charge in [0.25, 0.3) is 0 Å². The van der Waals surface area contributed by atoms with Gasteiger partial charge in [-0.3, -0.25) is 15.0 Å². The summed E-state index contributed by atoms with van der Waals surface area (Å²) in [5.41, 5.74) is 0.844. The molecule has 1 aromatic carbocycles. The molecule has 1 aliphatic rings. The summed E-state index contributed by atoms with van der Waals surface area (Å²) in [5.74, 6) is -1.41. The highest BCUT2D eigenvalue weighted by molar-refractivity contribution is 5.83. The number of carbonyl (C=O) groups is 2. The van der Waals surface area contributed by atoms with Crippen molar-refractivity contribution in [3.05, 3.63) is 58.2 Å². The molecule has 0 saturated carbocycles. The number of nitrogens with zero attached hydrogens (tertiary/aromatic N) is 2. The maximum atomic E-state index is 13.3. The Bertz CT molecular complexity index is 860. The van der Waals surface area contributed by atoms with E-state index in [-0.39, 0.29) is 24.1 Å². The number of carbonyl (C=O) groups excluding carboxylic acids is 2. The van der Waals surface area contributed by atoms with E-state index in [4.69, 9.17) is 9.47 Å². The quantitative estimate of drug-likeness (QED) is 0.260. The van der Waals surface area contributed by atoms with Crippen LogP contribution in [0.1, 0.15) is 64.6 Å². The van der Waals surface area contributed by atoms with Crippen LogP contribution in [0.3, 0.4) is 0 Å². The van der Waals surface area contributed by atoms with E-state index in [2.05, 4.69) is 6.58 Å². The third-order valence-corrected chi connectivity index (χ3v) is 5.87. The molecule has 1 amide bonds. The van der Waals surface area contributed by atoms with Crippen LogP contribution in [0.15, 0.2) is 36.9 Å². The van der Waals surface area contributed by atoms with E-state index in [0.29, 0.717) is 5.56 Å². The highest BCUT2D eigenvalue weighted by Crippen LogP contribution is 2.50. The second-order valence-corrected chi connectivity index (χ2v) is 9.37. The predicted molar refractivity (Wildman–Crippen MR) is 121 cm³/mol. The van der Waals surface area contributed by atoms with Crippen molar-refractivity contribution < 1.29 is 24.0 Å². The molecule has 1 aliphatic heterocycles. The van der Waals surface area contributed by atoms with Gasteiger partial charge in [-0.15, -0.1) is 0 Å². The number of benzene rings is 1. The Kier molecular flexibility index (Phi) is 8.04. The van der Waals surface area contributed by atoms with Crippen molar-refractivity contribution >= 4 is 12.1 Å². The van der Waals surface area contributed by atoms with Gasteiger partial charge in [-0.05, 0) is 29.4 Å². The minimum atomic E-state index is -1.22. The number of esters is 1. The van der Waals surface area contributed by atoms with Crippen LogP contribution in [0, 0.1) is 21.4 Å². The van der Waals surface area contributed by atoms with Gasteiger partial charge in [-0.1, -0.05) is 71.5 Å². The lowest BCUT2D eigenvalue weighted by atomic mass is 9.72. The second kappa shape index (κ2) is 10.1. The van der Waals surface area contributed by atoms with Crippen molar-refractivity contribution in [3.63, 3.8) is 0 Å². The van der Waals surface area contributed by atoms with Crippen molar-refractivity contribution in [3.8, 4) is 0 Å². The molecule has 4 atom stereocenters. The van der Waals surface area contributed by atoms with E-state index < -0.39 is 41.5 Å². The van der Waals surface area contributed by atoms with Gasteiger partial charge in [0.15, 0.2) is 0 Å². The first-order chi connectivity index (χ1) is 15.0. The van der Waals surface area contributed by atoms with Gasteiger partial charge in [-0.2, -0.15) is 0 Å². The Morgan fingerprint density at radius 1 is 1.25 bits per heavy atom. The number of hydrogen-bond acceptors (Lipinski definition) is 6. The fourth-order valence-electron chi connectivity index (χ4n) is 4.69. The fraction of sp³-hybridized carbons (Fsp3) is 0.583. The highest BCUT2D eigenvalue weighted by atomic mass is 16.6. The lowest BCUT2D eigenvalue weighted by Crippen LogP contribution is -2.48. The summed E-state index contributed by atoms with van der Waals surface area (Å²) < 4.78 is 10.6. The van der Waals surface area contributed by atoms with Crippen LogP contribution in [0.25, 0.3) is 0 Å². The number of rotatable bonds is 7. The normalized spacial score (nSPS) is 23.2. The van der Waals surface area contributed by atoms with Crippen molar-refractivity contribution in [1.82, 2.24) is 4.90 Å². The van der Waals surface area contributed by atoms with Crippen LogP contribution in [0.5, 0.6) is 0 Å². The third-order valence-electron chi connectivity index (χ3n) is 5.87. The smallest absolute Gasteiger partial charge is 0.411 e. The Labute approximate surface area is 189 Å². The predicted octanol–water partition coefficient (Wildman–Crippen LogP) is 4.73.